The molecule has 23 heavy (non-hydrogen) atoms. The van der Waals surface area contributed by atoms with E-state index in [4.69, 9.17) is 4.74 Å². The molecule has 0 bridgehead atoms. The second-order valence-electron chi connectivity index (χ2n) is 8.17. The number of ether oxygens (including phenoxy) is 1. The minimum Gasteiger partial charge on any atom is -0.490 e. The van der Waals surface area contributed by atoms with E-state index in [0.717, 1.165) is 31.2 Å². The van der Waals surface area contributed by atoms with Crippen LogP contribution >= 0.6 is 0 Å². The van der Waals surface area contributed by atoms with Crippen molar-refractivity contribution < 1.29 is 4.74 Å². The highest BCUT2D eigenvalue weighted by Crippen LogP contribution is 2.38. The van der Waals surface area contributed by atoms with Gasteiger partial charge in [-0.05, 0) is 73.3 Å². The largest absolute Gasteiger partial charge is 0.490 e. The molecule has 0 aromatic heterocycles. The van der Waals surface area contributed by atoms with Crippen LogP contribution in [0.5, 0.6) is 5.75 Å². The molecule has 0 spiro atoms. The SMILES string of the molecule is CC(C)(C)C1CCC(Oc2ccc(C3=CCNCC3)cc2)CC1. The fraction of sp³-hybridized carbons (Fsp3) is 0.619. The molecule has 0 atom stereocenters. The van der Waals surface area contributed by atoms with Gasteiger partial charge in [0.25, 0.3) is 0 Å². The lowest BCUT2D eigenvalue weighted by Gasteiger charge is -2.36. The zero-order chi connectivity index (χ0) is 16.3. The van der Waals surface area contributed by atoms with Gasteiger partial charge in [0.15, 0.2) is 0 Å². The fourth-order valence-electron chi connectivity index (χ4n) is 3.87. The van der Waals surface area contributed by atoms with E-state index in [1.807, 2.05) is 0 Å². The second-order valence-corrected chi connectivity index (χ2v) is 8.17. The first-order valence-electron chi connectivity index (χ1n) is 9.19. The summed E-state index contributed by atoms with van der Waals surface area (Å²) in [7, 11) is 0. The standard InChI is InChI=1S/C21H31NO/c1-21(2,3)18-6-10-20(11-7-18)23-19-8-4-16(5-9-19)17-12-14-22-15-13-17/h4-5,8-9,12,18,20,22H,6-7,10-11,13-15H2,1-3H3. The van der Waals surface area contributed by atoms with Crippen LogP contribution in [0.4, 0.5) is 0 Å². The topological polar surface area (TPSA) is 21.3 Å². The summed E-state index contributed by atoms with van der Waals surface area (Å²) in [5, 5.41) is 3.36. The van der Waals surface area contributed by atoms with Gasteiger partial charge in [-0.1, -0.05) is 39.0 Å². The van der Waals surface area contributed by atoms with E-state index in [1.54, 1.807) is 0 Å². The van der Waals surface area contributed by atoms with Crippen molar-refractivity contribution in [3.8, 4) is 5.75 Å². The van der Waals surface area contributed by atoms with Crippen LogP contribution in [0.15, 0.2) is 30.3 Å². The summed E-state index contributed by atoms with van der Waals surface area (Å²) in [6.45, 7) is 9.18. The van der Waals surface area contributed by atoms with E-state index in [-0.39, 0.29) is 0 Å². The van der Waals surface area contributed by atoms with Crippen LogP contribution in [0.25, 0.3) is 5.57 Å². The maximum Gasteiger partial charge on any atom is 0.119 e. The first-order valence-corrected chi connectivity index (χ1v) is 9.19. The number of rotatable bonds is 3. The maximum atomic E-state index is 6.23. The lowest BCUT2D eigenvalue weighted by atomic mass is 9.72. The third-order valence-electron chi connectivity index (χ3n) is 5.49. The summed E-state index contributed by atoms with van der Waals surface area (Å²) in [5.74, 6) is 1.87. The normalized spacial score (nSPS) is 25.8. The highest BCUT2D eigenvalue weighted by Gasteiger charge is 2.30. The zero-order valence-electron chi connectivity index (χ0n) is 14.9. The Morgan fingerprint density at radius 3 is 2.26 bits per heavy atom. The first-order chi connectivity index (χ1) is 11.0. The molecule has 3 rings (SSSR count). The molecule has 1 heterocycles. The molecule has 2 aliphatic rings. The molecule has 1 aliphatic carbocycles. The van der Waals surface area contributed by atoms with Crippen molar-refractivity contribution in [2.45, 2.75) is 59.0 Å². The van der Waals surface area contributed by atoms with Crippen molar-refractivity contribution >= 4 is 5.57 Å². The summed E-state index contributed by atoms with van der Waals surface area (Å²) in [5.41, 5.74) is 3.24. The van der Waals surface area contributed by atoms with Gasteiger partial charge in [-0.25, -0.2) is 0 Å². The average Bonchev–Trinajstić information content (AvgIpc) is 2.56. The average molecular weight is 313 g/mol. The third-order valence-corrected chi connectivity index (χ3v) is 5.49. The van der Waals surface area contributed by atoms with E-state index in [2.05, 4.69) is 56.4 Å². The van der Waals surface area contributed by atoms with Crippen LogP contribution in [0, 0.1) is 11.3 Å². The molecule has 1 aliphatic heterocycles. The Hall–Kier alpha value is -1.28. The monoisotopic (exact) mass is 313 g/mol. The molecular weight excluding hydrogens is 282 g/mol. The summed E-state index contributed by atoms with van der Waals surface area (Å²) < 4.78 is 6.23. The third kappa shape index (κ3) is 4.38. The lowest BCUT2D eigenvalue weighted by molar-refractivity contribution is 0.0882. The van der Waals surface area contributed by atoms with Gasteiger partial charge in [0.05, 0.1) is 6.10 Å². The molecular formula is C21H31NO. The minimum atomic E-state index is 0.401. The van der Waals surface area contributed by atoms with E-state index >= 15 is 0 Å². The second kappa shape index (κ2) is 7.09. The van der Waals surface area contributed by atoms with Crippen LogP contribution in [-0.2, 0) is 0 Å². The number of hydrogen-bond donors (Lipinski definition) is 1. The number of hydrogen-bond acceptors (Lipinski definition) is 2. The summed E-state index contributed by atoms with van der Waals surface area (Å²) in [6, 6.07) is 8.72. The molecule has 1 N–H and O–H groups in total. The Kier molecular flexibility index (Phi) is 5.11. The maximum absolute atomic E-state index is 6.23. The van der Waals surface area contributed by atoms with Crippen LogP contribution < -0.4 is 10.1 Å². The van der Waals surface area contributed by atoms with Crippen LogP contribution in [0.2, 0.25) is 0 Å². The summed E-state index contributed by atoms with van der Waals surface area (Å²) in [6.07, 6.45) is 8.81. The van der Waals surface area contributed by atoms with Crippen molar-refractivity contribution in [3.63, 3.8) is 0 Å². The van der Waals surface area contributed by atoms with Crippen molar-refractivity contribution in [2.24, 2.45) is 11.3 Å². The van der Waals surface area contributed by atoms with Crippen LogP contribution in [0.1, 0.15) is 58.4 Å². The van der Waals surface area contributed by atoms with E-state index in [0.29, 0.717) is 11.5 Å². The Labute approximate surface area is 141 Å². The van der Waals surface area contributed by atoms with Crippen LogP contribution in [0.3, 0.4) is 0 Å². The van der Waals surface area contributed by atoms with Gasteiger partial charge < -0.3 is 10.1 Å². The summed E-state index contributed by atoms with van der Waals surface area (Å²) in [4.78, 5) is 0. The molecule has 1 aromatic rings. The Morgan fingerprint density at radius 2 is 1.70 bits per heavy atom. The molecule has 0 unspecified atom stereocenters. The van der Waals surface area contributed by atoms with Crippen molar-refractivity contribution in [1.82, 2.24) is 5.32 Å². The van der Waals surface area contributed by atoms with Gasteiger partial charge >= 0.3 is 0 Å². The smallest absolute Gasteiger partial charge is 0.119 e. The van der Waals surface area contributed by atoms with E-state index in [9.17, 15) is 0 Å². The Morgan fingerprint density at radius 1 is 1.00 bits per heavy atom. The molecule has 1 saturated carbocycles. The van der Waals surface area contributed by atoms with Gasteiger partial charge in [0, 0.05) is 6.54 Å². The predicted octanol–water partition coefficient (Wildman–Crippen LogP) is 5.05. The van der Waals surface area contributed by atoms with E-state index in [1.165, 1.54) is 36.8 Å². The van der Waals surface area contributed by atoms with Gasteiger partial charge in [-0.3, -0.25) is 0 Å². The molecule has 0 radical (unpaired) electrons. The Balaban J connectivity index is 1.54. The van der Waals surface area contributed by atoms with Gasteiger partial charge in [0.2, 0.25) is 0 Å². The van der Waals surface area contributed by atoms with Crippen molar-refractivity contribution in [3.05, 3.63) is 35.9 Å². The fourth-order valence-corrected chi connectivity index (χ4v) is 3.87. The molecule has 1 fully saturated rings. The molecule has 0 amide bonds. The molecule has 0 saturated heterocycles. The molecule has 2 nitrogen and oxygen atoms in total. The summed E-state index contributed by atoms with van der Waals surface area (Å²) >= 11 is 0. The molecule has 1 aromatic carbocycles. The molecule has 126 valence electrons. The number of benzene rings is 1. The number of nitrogens with one attached hydrogen (secondary N) is 1. The van der Waals surface area contributed by atoms with Gasteiger partial charge in [-0.2, -0.15) is 0 Å². The molecule has 2 heteroatoms. The first kappa shape index (κ1) is 16.6. The Bertz CT molecular complexity index is 530. The zero-order valence-corrected chi connectivity index (χ0v) is 14.9. The quantitative estimate of drug-likeness (QED) is 0.843. The highest BCUT2D eigenvalue weighted by molar-refractivity contribution is 5.67. The lowest BCUT2D eigenvalue weighted by Crippen LogP contribution is -2.30. The van der Waals surface area contributed by atoms with Gasteiger partial charge in [-0.15, -0.1) is 0 Å². The van der Waals surface area contributed by atoms with Crippen molar-refractivity contribution in [2.75, 3.05) is 13.1 Å². The predicted molar refractivity (Wildman–Crippen MR) is 97.7 cm³/mol. The van der Waals surface area contributed by atoms with Crippen LogP contribution in [-0.4, -0.2) is 19.2 Å². The van der Waals surface area contributed by atoms with Gasteiger partial charge in [0.1, 0.15) is 5.75 Å². The highest BCUT2D eigenvalue weighted by atomic mass is 16.5. The minimum absolute atomic E-state index is 0.401. The van der Waals surface area contributed by atoms with Crippen molar-refractivity contribution in [1.29, 1.82) is 0 Å². The van der Waals surface area contributed by atoms with E-state index < -0.39 is 0 Å².